The van der Waals surface area contributed by atoms with Crippen LogP contribution in [0.15, 0.2) is 24.3 Å². The van der Waals surface area contributed by atoms with Gasteiger partial charge in [-0.25, -0.2) is 0 Å². The second-order valence-electron chi connectivity index (χ2n) is 18.0. The number of amides is 4. The van der Waals surface area contributed by atoms with Crippen LogP contribution in [0.25, 0.3) is 0 Å². The standard InChI is InChI=1S/C45H76N6O7/c1-13-29(6)41(50(10)45(56)39(27(2)3)48-44(55)40(28(4)5)49(8)9)37(57-11)25-38(53)51-22-14-15-35(51)42(58-12)30(7)36(52)24-33(23-31-16-17-31)43(54)47-26-32-18-20-34(46)21-19-32/h18-21,27-31,33,35,37,39-42H,13-17,22-26,46H2,1-12H3,(H,47,54)(H,48,55)/t29-,30-,33+,35-,37+,39-,40-,41-,42+/m0/s1. The van der Waals surface area contributed by atoms with Crippen LogP contribution >= 0.6 is 0 Å². The van der Waals surface area contributed by atoms with Crippen molar-refractivity contribution in [3.63, 3.8) is 0 Å². The number of likely N-dealkylation sites (tertiary alicyclic amines) is 1. The first-order chi connectivity index (χ1) is 27.4. The van der Waals surface area contributed by atoms with Gasteiger partial charge in [0.05, 0.1) is 36.8 Å². The lowest BCUT2D eigenvalue weighted by molar-refractivity contribution is -0.148. The van der Waals surface area contributed by atoms with Crippen LogP contribution in [0.1, 0.15) is 105 Å². The summed E-state index contributed by atoms with van der Waals surface area (Å²) in [5.74, 6) is -1.42. The van der Waals surface area contributed by atoms with Crippen molar-refractivity contribution in [2.24, 2.45) is 35.5 Å². The SMILES string of the molecule is CC[C@H](C)[C@@H]([C@@H](CC(=O)N1CCC[C@H]1[C@H](OC)[C@@H](C)C(=O)C[C@@H](CC1CC1)C(=O)NCc1ccc(N)cc1)OC)N(C)C(=O)[C@@H](NC(=O)[C@H](C(C)C)N(C)C)C(C)C. The van der Waals surface area contributed by atoms with Crippen molar-refractivity contribution >= 4 is 35.1 Å². The van der Waals surface area contributed by atoms with Gasteiger partial charge in [0.15, 0.2) is 0 Å². The minimum Gasteiger partial charge on any atom is -0.399 e. The number of ketones is 1. The zero-order valence-electron chi connectivity index (χ0n) is 37.6. The first-order valence-electron chi connectivity index (χ1n) is 21.6. The van der Waals surface area contributed by atoms with Gasteiger partial charge >= 0.3 is 0 Å². The van der Waals surface area contributed by atoms with E-state index in [0.717, 1.165) is 31.2 Å². The van der Waals surface area contributed by atoms with Crippen LogP contribution < -0.4 is 16.4 Å². The first kappa shape index (κ1) is 48.8. The Hall–Kier alpha value is -3.55. The van der Waals surface area contributed by atoms with Crippen LogP contribution in [0.4, 0.5) is 5.69 Å². The van der Waals surface area contributed by atoms with Crippen LogP contribution in [0.3, 0.4) is 0 Å². The number of nitrogen functional groups attached to an aromatic ring is 1. The van der Waals surface area contributed by atoms with Gasteiger partial charge in [-0.15, -0.1) is 0 Å². The van der Waals surface area contributed by atoms with E-state index in [1.807, 2.05) is 77.6 Å². The number of nitrogens with two attached hydrogens (primary N) is 1. The Bertz CT molecular complexity index is 1490. The predicted molar refractivity (Wildman–Crippen MR) is 228 cm³/mol. The third-order valence-electron chi connectivity index (χ3n) is 12.6. The summed E-state index contributed by atoms with van der Waals surface area (Å²) in [6, 6.07) is 5.43. The second kappa shape index (κ2) is 22.7. The lowest BCUT2D eigenvalue weighted by atomic mass is 9.85. The van der Waals surface area contributed by atoms with Crippen molar-refractivity contribution in [1.82, 2.24) is 25.3 Å². The van der Waals surface area contributed by atoms with Crippen molar-refractivity contribution in [3.8, 4) is 0 Å². The molecule has 4 amide bonds. The number of hydrogen-bond acceptors (Lipinski definition) is 9. The number of anilines is 1. The largest absolute Gasteiger partial charge is 0.399 e. The van der Waals surface area contributed by atoms with Gasteiger partial charge < -0.3 is 35.6 Å². The Labute approximate surface area is 348 Å². The molecule has 0 unspecified atom stereocenters. The first-order valence-corrected chi connectivity index (χ1v) is 21.6. The average molecular weight is 813 g/mol. The summed E-state index contributed by atoms with van der Waals surface area (Å²) < 4.78 is 12.1. The van der Waals surface area contributed by atoms with E-state index in [2.05, 4.69) is 17.6 Å². The van der Waals surface area contributed by atoms with E-state index >= 15 is 0 Å². The lowest BCUT2D eigenvalue weighted by Gasteiger charge is -2.41. The smallest absolute Gasteiger partial charge is 0.245 e. The molecule has 13 nitrogen and oxygen atoms in total. The third kappa shape index (κ3) is 13.2. The number of likely N-dealkylation sites (N-methyl/N-ethyl adjacent to an activating group) is 2. The fourth-order valence-electron chi connectivity index (χ4n) is 8.88. The van der Waals surface area contributed by atoms with E-state index in [-0.39, 0.29) is 66.0 Å². The lowest BCUT2D eigenvalue weighted by Crippen LogP contribution is -2.59. The van der Waals surface area contributed by atoms with Gasteiger partial charge in [-0.05, 0) is 74.7 Å². The fourth-order valence-corrected chi connectivity index (χ4v) is 8.88. The molecule has 2 fully saturated rings. The molecule has 2 aliphatic rings. The molecule has 58 heavy (non-hydrogen) atoms. The molecule has 1 saturated carbocycles. The quantitative estimate of drug-likeness (QED) is 0.123. The average Bonchev–Trinajstić information content (AvgIpc) is 3.87. The zero-order chi connectivity index (χ0) is 43.4. The van der Waals surface area contributed by atoms with E-state index in [1.54, 1.807) is 38.3 Å². The fraction of sp³-hybridized carbons (Fsp3) is 0.756. The summed E-state index contributed by atoms with van der Waals surface area (Å²) in [7, 11) is 8.61. The molecule has 1 saturated heterocycles. The number of rotatable bonds is 24. The monoisotopic (exact) mass is 813 g/mol. The molecule has 1 aromatic carbocycles. The van der Waals surface area contributed by atoms with Crippen molar-refractivity contribution in [2.75, 3.05) is 47.6 Å². The number of hydrogen-bond donors (Lipinski definition) is 3. The summed E-state index contributed by atoms with van der Waals surface area (Å²) in [5, 5.41) is 6.08. The van der Waals surface area contributed by atoms with Gasteiger partial charge in [0.1, 0.15) is 11.8 Å². The van der Waals surface area contributed by atoms with Gasteiger partial charge in [0, 0.05) is 58.3 Å². The second-order valence-corrected chi connectivity index (χ2v) is 18.0. The zero-order valence-corrected chi connectivity index (χ0v) is 37.6. The van der Waals surface area contributed by atoms with E-state index < -0.39 is 42.2 Å². The van der Waals surface area contributed by atoms with E-state index in [4.69, 9.17) is 15.2 Å². The highest BCUT2D eigenvalue weighted by atomic mass is 16.5. The van der Waals surface area contributed by atoms with Crippen LogP contribution in [-0.2, 0) is 40.0 Å². The molecule has 1 aromatic rings. The summed E-state index contributed by atoms with van der Waals surface area (Å²) in [5.41, 5.74) is 7.41. The number of methoxy groups -OCH3 is 2. The molecule has 0 bridgehead atoms. The highest BCUT2D eigenvalue weighted by molar-refractivity contribution is 5.90. The summed E-state index contributed by atoms with van der Waals surface area (Å²) in [4.78, 5) is 74.9. The Morgan fingerprint density at radius 3 is 2.03 bits per heavy atom. The van der Waals surface area contributed by atoms with Crippen molar-refractivity contribution in [3.05, 3.63) is 29.8 Å². The van der Waals surface area contributed by atoms with Crippen LogP contribution in [0.2, 0.25) is 0 Å². The van der Waals surface area contributed by atoms with Crippen molar-refractivity contribution < 1.29 is 33.4 Å². The van der Waals surface area contributed by atoms with Crippen molar-refractivity contribution in [1.29, 1.82) is 0 Å². The predicted octanol–water partition coefficient (Wildman–Crippen LogP) is 4.91. The number of Topliss-reactive ketones (excluding diaryl/α,β-unsaturated/α-hetero) is 1. The van der Waals surface area contributed by atoms with Gasteiger partial charge in [0.25, 0.3) is 0 Å². The molecule has 13 heteroatoms. The van der Waals surface area contributed by atoms with Crippen LogP contribution in [0.5, 0.6) is 0 Å². The topological polar surface area (TPSA) is 164 Å². The Kier molecular flexibility index (Phi) is 19.1. The number of carbonyl (C=O) groups excluding carboxylic acids is 5. The summed E-state index contributed by atoms with van der Waals surface area (Å²) in [6.07, 6.45) is 3.96. The number of nitrogens with one attached hydrogen (secondary N) is 2. The minimum atomic E-state index is -0.762. The van der Waals surface area contributed by atoms with Crippen molar-refractivity contribution in [2.45, 2.75) is 143 Å². The summed E-state index contributed by atoms with van der Waals surface area (Å²) in [6.45, 7) is 14.6. The summed E-state index contributed by atoms with van der Waals surface area (Å²) >= 11 is 0. The van der Waals surface area contributed by atoms with Crippen LogP contribution in [-0.4, -0.2) is 122 Å². The maximum atomic E-state index is 14.3. The molecule has 0 aromatic heterocycles. The third-order valence-corrected chi connectivity index (χ3v) is 12.6. The van der Waals surface area contributed by atoms with E-state index in [1.165, 1.54) is 0 Å². The minimum absolute atomic E-state index is 0.0218. The van der Waals surface area contributed by atoms with Gasteiger partial charge in [-0.2, -0.15) is 0 Å². The Morgan fingerprint density at radius 2 is 1.52 bits per heavy atom. The highest BCUT2D eigenvalue weighted by Crippen LogP contribution is 2.37. The molecule has 9 atom stereocenters. The number of ether oxygens (including phenoxy) is 2. The molecule has 4 N–H and O–H groups in total. The number of nitrogens with zero attached hydrogens (tertiary/aromatic N) is 3. The number of benzene rings is 1. The van der Waals surface area contributed by atoms with Gasteiger partial charge in [-0.1, -0.05) is 79.9 Å². The van der Waals surface area contributed by atoms with Gasteiger partial charge in [-0.3, -0.25) is 28.9 Å². The molecule has 1 aliphatic carbocycles. The molecular weight excluding hydrogens is 737 g/mol. The van der Waals surface area contributed by atoms with E-state index in [0.29, 0.717) is 37.5 Å². The van der Waals surface area contributed by atoms with Gasteiger partial charge in [0.2, 0.25) is 23.6 Å². The Morgan fingerprint density at radius 1 is 0.879 bits per heavy atom. The molecule has 328 valence electrons. The van der Waals surface area contributed by atoms with Crippen LogP contribution in [0, 0.1) is 35.5 Å². The highest BCUT2D eigenvalue weighted by Gasteiger charge is 2.44. The molecule has 3 rings (SSSR count). The molecule has 1 aliphatic heterocycles. The normalized spacial score (nSPS) is 19.9. The Balaban J connectivity index is 1.75. The maximum Gasteiger partial charge on any atom is 0.245 e. The van der Waals surface area contributed by atoms with E-state index in [9.17, 15) is 24.0 Å². The molecule has 1 heterocycles. The number of carbonyl (C=O) groups is 5. The maximum absolute atomic E-state index is 14.3. The molecule has 0 radical (unpaired) electrons. The molecule has 0 spiro atoms. The molecular formula is C45H76N6O7.